The maximum absolute atomic E-state index is 14.1. The Bertz CT molecular complexity index is 654. The van der Waals surface area contributed by atoms with Crippen LogP contribution >= 0.6 is 12.4 Å². The molecule has 0 amide bonds. The molecule has 1 aromatic carbocycles. The first-order chi connectivity index (χ1) is 9.75. The van der Waals surface area contributed by atoms with E-state index in [1.807, 2.05) is 6.92 Å². The predicted octanol–water partition coefficient (Wildman–Crippen LogP) is 1.92. The van der Waals surface area contributed by atoms with Crippen molar-refractivity contribution < 1.29 is 17.5 Å². The van der Waals surface area contributed by atoms with Crippen molar-refractivity contribution in [2.75, 3.05) is 26.7 Å². The topological polar surface area (TPSA) is 72.6 Å². The largest absolute Gasteiger partial charge is 0.494 e. The summed E-state index contributed by atoms with van der Waals surface area (Å²) in [6.07, 6.45) is 0.709. The number of methoxy groups -OCH3 is 1. The molecule has 0 saturated carbocycles. The smallest absolute Gasteiger partial charge is 0.243 e. The lowest BCUT2D eigenvalue weighted by atomic mass is 9.90. The van der Waals surface area contributed by atoms with Crippen LogP contribution in [0.2, 0.25) is 0 Å². The summed E-state index contributed by atoms with van der Waals surface area (Å²) in [5.74, 6) is -0.598. The Hall–Kier alpha value is -0.890. The van der Waals surface area contributed by atoms with Gasteiger partial charge in [0, 0.05) is 18.7 Å². The molecule has 1 fully saturated rings. The highest BCUT2D eigenvalue weighted by Gasteiger charge is 2.39. The Morgan fingerprint density at radius 3 is 2.59 bits per heavy atom. The highest BCUT2D eigenvalue weighted by Crippen LogP contribution is 2.34. The molecule has 1 unspecified atom stereocenters. The van der Waals surface area contributed by atoms with Gasteiger partial charge in [-0.05, 0) is 37.4 Å². The molecule has 2 rings (SSSR count). The van der Waals surface area contributed by atoms with Gasteiger partial charge >= 0.3 is 0 Å². The van der Waals surface area contributed by atoms with E-state index in [0.717, 1.165) is 0 Å². The van der Waals surface area contributed by atoms with E-state index < -0.39 is 15.8 Å². The van der Waals surface area contributed by atoms with Gasteiger partial charge in [0.1, 0.15) is 0 Å². The molecule has 1 atom stereocenters. The van der Waals surface area contributed by atoms with Gasteiger partial charge in [0.25, 0.3) is 0 Å². The number of hydrogen-bond acceptors (Lipinski definition) is 4. The lowest BCUT2D eigenvalue weighted by molar-refractivity contribution is 0.349. The Kier molecular flexibility index (Phi) is 5.83. The summed E-state index contributed by atoms with van der Waals surface area (Å²) in [4.78, 5) is -0.0120. The quantitative estimate of drug-likeness (QED) is 0.898. The van der Waals surface area contributed by atoms with Gasteiger partial charge in [0.2, 0.25) is 10.0 Å². The highest BCUT2D eigenvalue weighted by atomic mass is 35.5. The number of ether oxygens (including phenoxy) is 1. The van der Waals surface area contributed by atoms with E-state index in [4.69, 9.17) is 10.5 Å². The lowest BCUT2D eigenvalue weighted by Gasteiger charge is -2.23. The first-order valence-electron chi connectivity index (χ1n) is 6.78. The fourth-order valence-corrected chi connectivity index (χ4v) is 4.38. The average molecular weight is 353 g/mol. The molecule has 0 aromatic heterocycles. The number of sulfonamides is 1. The Morgan fingerprint density at radius 2 is 2.09 bits per heavy atom. The molecule has 0 spiro atoms. The molecule has 126 valence electrons. The van der Waals surface area contributed by atoms with Gasteiger partial charge in [-0.25, -0.2) is 12.8 Å². The molecule has 8 heteroatoms. The number of hydrogen-bond donors (Lipinski definition) is 1. The number of nitrogens with zero attached hydrogens (tertiary/aromatic N) is 1. The van der Waals surface area contributed by atoms with Crippen molar-refractivity contribution in [3.63, 3.8) is 0 Å². The van der Waals surface area contributed by atoms with Crippen molar-refractivity contribution >= 4 is 22.4 Å². The molecule has 22 heavy (non-hydrogen) atoms. The summed E-state index contributed by atoms with van der Waals surface area (Å²) < 4.78 is 45.7. The first kappa shape index (κ1) is 19.2. The van der Waals surface area contributed by atoms with Gasteiger partial charge < -0.3 is 10.5 Å². The van der Waals surface area contributed by atoms with E-state index in [9.17, 15) is 12.8 Å². The zero-order chi connectivity index (χ0) is 15.8. The average Bonchev–Trinajstić information content (AvgIpc) is 2.85. The second-order valence-corrected chi connectivity index (χ2v) is 7.71. The van der Waals surface area contributed by atoms with Crippen LogP contribution in [0.4, 0.5) is 4.39 Å². The minimum atomic E-state index is -3.72. The second-order valence-electron chi connectivity index (χ2n) is 5.81. The van der Waals surface area contributed by atoms with E-state index in [1.54, 1.807) is 0 Å². The number of halogens is 2. The number of nitrogens with two attached hydrogens (primary N) is 1. The van der Waals surface area contributed by atoms with E-state index in [2.05, 4.69) is 0 Å². The summed E-state index contributed by atoms with van der Waals surface area (Å²) in [5, 5.41) is 0. The van der Waals surface area contributed by atoms with E-state index >= 15 is 0 Å². The Labute approximate surface area is 137 Å². The molecule has 1 heterocycles. The van der Waals surface area contributed by atoms with Crippen LogP contribution in [0, 0.1) is 18.2 Å². The molecule has 2 N–H and O–H groups in total. The molecule has 0 radical (unpaired) electrons. The molecule has 1 aromatic rings. The molecular weight excluding hydrogens is 331 g/mol. The molecule has 1 aliphatic heterocycles. The van der Waals surface area contributed by atoms with Crippen LogP contribution in [-0.4, -0.2) is 39.5 Å². The van der Waals surface area contributed by atoms with Gasteiger partial charge in [0.05, 0.1) is 12.0 Å². The fraction of sp³-hybridized carbons (Fsp3) is 0.571. The van der Waals surface area contributed by atoms with Gasteiger partial charge in [-0.1, -0.05) is 6.92 Å². The number of rotatable bonds is 4. The fourth-order valence-electron chi connectivity index (χ4n) is 2.57. The van der Waals surface area contributed by atoms with Crippen molar-refractivity contribution in [1.82, 2.24) is 4.31 Å². The first-order valence-corrected chi connectivity index (χ1v) is 8.22. The Balaban J connectivity index is 0.00000242. The summed E-state index contributed by atoms with van der Waals surface area (Å²) >= 11 is 0. The Morgan fingerprint density at radius 1 is 1.45 bits per heavy atom. The normalized spacial score (nSPS) is 22.4. The van der Waals surface area contributed by atoms with Crippen LogP contribution in [0.3, 0.4) is 0 Å². The zero-order valence-corrected chi connectivity index (χ0v) is 14.6. The van der Waals surface area contributed by atoms with Crippen molar-refractivity contribution in [2.24, 2.45) is 11.1 Å². The molecule has 0 aliphatic carbocycles. The molecule has 1 saturated heterocycles. The summed E-state index contributed by atoms with van der Waals surface area (Å²) in [6, 6.07) is 2.73. The van der Waals surface area contributed by atoms with Crippen LogP contribution in [0.25, 0.3) is 0 Å². The zero-order valence-electron chi connectivity index (χ0n) is 12.9. The van der Waals surface area contributed by atoms with Crippen LogP contribution in [0.15, 0.2) is 17.0 Å². The second kappa shape index (κ2) is 6.70. The molecule has 5 nitrogen and oxygen atoms in total. The standard InChI is InChI=1S/C14H21FN2O3S.ClH/c1-10-12(5-4-11(20-3)13(10)15)21(18,19)17-7-6-14(2,8-16)9-17;/h4-5H,6-9,16H2,1-3H3;1H. The van der Waals surface area contributed by atoms with Gasteiger partial charge in [-0.2, -0.15) is 4.31 Å². The summed E-state index contributed by atoms with van der Waals surface area (Å²) in [7, 11) is -2.37. The SMILES string of the molecule is COc1ccc(S(=O)(=O)N2CCC(C)(CN)C2)c(C)c1F.Cl. The molecule has 0 bridgehead atoms. The number of benzene rings is 1. The predicted molar refractivity (Wildman–Crippen MR) is 85.5 cm³/mol. The van der Waals surface area contributed by atoms with Gasteiger partial charge in [-0.15, -0.1) is 12.4 Å². The van der Waals surface area contributed by atoms with Crippen molar-refractivity contribution in [3.05, 3.63) is 23.5 Å². The van der Waals surface area contributed by atoms with E-state index in [0.29, 0.717) is 26.1 Å². The van der Waals surface area contributed by atoms with Crippen LogP contribution < -0.4 is 10.5 Å². The third kappa shape index (κ3) is 3.22. The maximum atomic E-state index is 14.1. The van der Waals surface area contributed by atoms with E-state index in [-0.39, 0.29) is 34.0 Å². The maximum Gasteiger partial charge on any atom is 0.243 e. The van der Waals surface area contributed by atoms with Gasteiger partial charge in [-0.3, -0.25) is 0 Å². The highest BCUT2D eigenvalue weighted by molar-refractivity contribution is 7.89. The molecular formula is C14H22ClFN2O3S. The van der Waals surface area contributed by atoms with Crippen LogP contribution in [-0.2, 0) is 10.0 Å². The summed E-state index contributed by atoms with van der Waals surface area (Å²) in [6.45, 7) is 4.60. The van der Waals surface area contributed by atoms with Crippen molar-refractivity contribution in [2.45, 2.75) is 25.2 Å². The van der Waals surface area contributed by atoms with Crippen molar-refractivity contribution in [3.8, 4) is 5.75 Å². The van der Waals surface area contributed by atoms with E-state index in [1.165, 1.54) is 30.5 Å². The third-order valence-electron chi connectivity index (χ3n) is 4.15. The third-order valence-corrected chi connectivity index (χ3v) is 6.14. The lowest BCUT2D eigenvalue weighted by Crippen LogP contribution is -2.34. The summed E-state index contributed by atoms with van der Waals surface area (Å²) in [5.41, 5.74) is 5.57. The van der Waals surface area contributed by atoms with Crippen molar-refractivity contribution in [1.29, 1.82) is 0 Å². The minimum Gasteiger partial charge on any atom is -0.494 e. The minimum absolute atomic E-state index is 0. The monoisotopic (exact) mass is 352 g/mol. The van der Waals surface area contributed by atoms with Crippen LogP contribution in [0.5, 0.6) is 5.75 Å². The van der Waals surface area contributed by atoms with Crippen LogP contribution in [0.1, 0.15) is 18.9 Å². The van der Waals surface area contributed by atoms with Gasteiger partial charge in [0.15, 0.2) is 11.6 Å². The molecule has 1 aliphatic rings.